The molecular weight excluding hydrogens is 246 g/mol. The van der Waals surface area contributed by atoms with E-state index in [1.165, 1.54) is 6.07 Å². The molecule has 0 spiro atoms. The van der Waals surface area contributed by atoms with E-state index in [-0.39, 0.29) is 0 Å². The maximum Gasteiger partial charge on any atom is 0.131 e. The molecule has 0 radical (unpaired) electrons. The van der Waals surface area contributed by atoms with Gasteiger partial charge in [-0.1, -0.05) is 29.8 Å². The molecule has 0 aliphatic carbocycles. The van der Waals surface area contributed by atoms with Gasteiger partial charge in [0.05, 0.1) is 6.04 Å². The summed E-state index contributed by atoms with van der Waals surface area (Å²) in [6.45, 7) is 3.55. The lowest BCUT2D eigenvalue weighted by atomic mass is 9.96. The summed E-state index contributed by atoms with van der Waals surface area (Å²) in [6.07, 6.45) is 0. The van der Waals surface area contributed by atoms with Gasteiger partial charge in [0.1, 0.15) is 11.6 Å². The minimum atomic E-state index is -0.604. The van der Waals surface area contributed by atoms with Crippen LogP contribution in [0.2, 0.25) is 0 Å². The molecule has 0 saturated heterocycles. The molecule has 0 aliphatic heterocycles. The number of hydrogen-bond acceptors (Lipinski definition) is 2. The Kier molecular flexibility index (Phi) is 3.93. The summed E-state index contributed by atoms with van der Waals surface area (Å²) >= 11 is 0. The van der Waals surface area contributed by atoms with E-state index >= 15 is 0 Å². The molecule has 4 heteroatoms. The second-order valence-corrected chi connectivity index (χ2v) is 4.64. The van der Waals surface area contributed by atoms with Crippen LogP contribution in [0.15, 0.2) is 36.4 Å². The SMILES string of the molecule is Cc1cccc(C(NN)c2cc(C)c(F)cc2F)c1. The molecule has 0 aliphatic rings. The van der Waals surface area contributed by atoms with Crippen LogP contribution in [0.4, 0.5) is 8.78 Å². The van der Waals surface area contributed by atoms with Crippen LogP contribution >= 0.6 is 0 Å². The van der Waals surface area contributed by atoms with Gasteiger partial charge in [0, 0.05) is 11.6 Å². The topological polar surface area (TPSA) is 38.0 Å². The zero-order valence-electron chi connectivity index (χ0n) is 10.9. The van der Waals surface area contributed by atoms with Crippen LogP contribution < -0.4 is 11.3 Å². The largest absolute Gasteiger partial charge is 0.271 e. The van der Waals surface area contributed by atoms with Crippen molar-refractivity contribution in [2.75, 3.05) is 0 Å². The first-order valence-corrected chi connectivity index (χ1v) is 6.01. The fourth-order valence-corrected chi connectivity index (χ4v) is 2.12. The molecule has 1 unspecified atom stereocenters. The molecule has 0 bridgehead atoms. The third-order valence-corrected chi connectivity index (χ3v) is 3.13. The van der Waals surface area contributed by atoms with Gasteiger partial charge in [-0.05, 0) is 31.0 Å². The van der Waals surface area contributed by atoms with E-state index in [4.69, 9.17) is 5.84 Å². The first-order valence-electron chi connectivity index (χ1n) is 6.01. The summed E-state index contributed by atoms with van der Waals surface area (Å²) in [5, 5.41) is 0. The molecular formula is C15H16F2N2. The van der Waals surface area contributed by atoms with E-state index in [1.54, 1.807) is 6.92 Å². The Morgan fingerprint density at radius 2 is 1.79 bits per heavy atom. The number of rotatable bonds is 3. The lowest BCUT2D eigenvalue weighted by molar-refractivity contribution is 0.538. The van der Waals surface area contributed by atoms with Crippen molar-refractivity contribution in [3.63, 3.8) is 0 Å². The van der Waals surface area contributed by atoms with Gasteiger partial charge in [-0.25, -0.2) is 14.2 Å². The standard InChI is InChI=1S/C15H16F2N2/c1-9-4-3-5-11(6-9)15(19-18)12-7-10(2)13(16)8-14(12)17/h3-8,15,19H,18H2,1-2H3. The predicted molar refractivity (Wildman–Crippen MR) is 71.4 cm³/mol. The summed E-state index contributed by atoms with van der Waals surface area (Å²) in [5.74, 6) is 4.37. The Hall–Kier alpha value is -1.78. The van der Waals surface area contributed by atoms with Crippen LogP contribution in [0.5, 0.6) is 0 Å². The number of nitrogens with one attached hydrogen (secondary N) is 1. The third-order valence-electron chi connectivity index (χ3n) is 3.13. The second-order valence-electron chi connectivity index (χ2n) is 4.64. The smallest absolute Gasteiger partial charge is 0.131 e. The Morgan fingerprint density at radius 3 is 2.42 bits per heavy atom. The van der Waals surface area contributed by atoms with Gasteiger partial charge in [0.25, 0.3) is 0 Å². The van der Waals surface area contributed by atoms with Gasteiger partial charge in [-0.2, -0.15) is 0 Å². The monoisotopic (exact) mass is 262 g/mol. The van der Waals surface area contributed by atoms with Crippen molar-refractivity contribution in [2.45, 2.75) is 19.9 Å². The summed E-state index contributed by atoms with van der Waals surface area (Å²) in [5.41, 5.74) is 5.21. The zero-order chi connectivity index (χ0) is 14.0. The predicted octanol–water partition coefficient (Wildman–Crippen LogP) is 3.13. The molecule has 2 aromatic carbocycles. The average molecular weight is 262 g/mol. The Labute approximate surface area is 111 Å². The van der Waals surface area contributed by atoms with Crippen molar-refractivity contribution in [1.29, 1.82) is 0 Å². The normalized spacial score (nSPS) is 12.5. The van der Waals surface area contributed by atoms with Crippen LogP contribution in [0, 0.1) is 25.5 Å². The average Bonchev–Trinajstić information content (AvgIpc) is 2.36. The number of aryl methyl sites for hydroxylation is 2. The molecule has 2 aromatic rings. The Morgan fingerprint density at radius 1 is 1.05 bits per heavy atom. The molecule has 0 aromatic heterocycles. The first-order chi connectivity index (χ1) is 9.02. The molecule has 0 amide bonds. The molecule has 0 saturated carbocycles. The lowest BCUT2D eigenvalue weighted by Gasteiger charge is -2.19. The molecule has 1 atom stereocenters. The van der Waals surface area contributed by atoms with Crippen molar-refractivity contribution in [3.05, 3.63) is 70.3 Å². The molecule has 3 N–H and O–H groups in total. The third kappa shape index (κ3) is 2.80. The van der Waals surface area contributed by atoms with Gasteiger partial charge >= 0.3 is 0 Å². The highest BCUT2D eigenvalue weighted by Gasteiger charge is 2.18. The van der Waals surface area contributed by atoms with Crippen molar-refractivity contribution >= 4 is 0 Å². The summed E-state index contributed by atoms with van der Waals surface area (Å²) < 4.78 is 27.2. The van der Waals surface area contributed by atoms with Crippen LogP contribution in [0.25, 0.3) is 0 Å². The minimum absolute atomic E-state index is 0.340. The van der Waals surface area contributed by atoms with Crippen molar-refractivity contribution in [2.24, 2.45) is 5.84 Å². The number of nitrogens with two attached hydrogens (primary N) is 1. The van der Waals surface area contributed by atoms with Gasteiger partial charge in [-0.15, -0.1) is 0 Å². The highest BCUT2D eigenvalue weighted by molar-refractivity contribution is 5.36. The molecule has 0 fully saturated rings. The second kappa shape index (κ2) is 5.47. The van der Waals surface area contributed by atoms with E-state index < -0.39 is 17.7 Å². The highest BCUT2D eigenvalue weighted by atomic mass is 19.1. The molecule has 2 rings (SSSR count). The summed E-state index contributed by atoms with van der Waals surface area (Å²) in [6, 6.07) is 9.48. The Bertz CT molecular complexity index is 597. The van der Waals surface area contributed by atoms with Crippen LogP contribution in [-0.4, -0.2) is 0 Å². The molecule has 100 valence electrons. The zero-order valence-corrected chi connectivity index (χ0v) is 10.9. The van der Waals surface area contributed by atoms with Gasteiger partial charge < -0.3 is 0 Å². The fourth-order valence-electron chi connectivity index (χ4n) is 2.12. The van der Waals surface area contributed by atoms with E-state index in [2.05, 4.69) is 5.43 Å². The van der Waals surface area contributed by atoms with Crippen LogP contribution in [0.1, 0.15) is 28.3 Å². The van der Waals surface area contributed by atoms with E-state index in [0.29, 0.717) is 11.1 Å². The molecule has 0 heterocycles. The van der Waals surface area contributed by atoms with E-state index in [1.807, 2.05) is 31.2 Å². The fraction of sp³-hybridized carbons (Fsp3) is 0.200. The maximum absolute atomic E-state index is 13.9. The van der Waals surface area contributed by atoms with E-state index in [0.717, 1.165) is 17.2 Å². The van der Waals surface area contributed by atoms with Crippen molar-refractivity contribution in [3.8, 4) is 0 Å². The number of benzene rings is 2. The molecule has 19 heavy (non-hydrogen) atoms. The van der Waals surface area contributed by atoms with Crippen LogP contribution in [-0.2, 0) is 0 Å². The summed E-state index contributed by atoms with van der Waals surface area (Å²) in [4.78, 5) is 0. The van der Waals surface area contributed by atoms with Crippen molar-refractivity contribution < 1.29 is 8.78 Å². The quantitative estimate of drug-likeness (QED) is 0.658. The number of hydrogen-bond donors (Lipinski definition) is 2. The Balaban J connectivity index is 2.51. The van der Waals surface area contributed by atoms with Crippen LogP contribution in [0.3, 0.4) is 0 Å². The lowest BCUT2D eigenvalue weighted by Crippen LogP contribution is -2.29. The molecule has 2 nitrogen and oxygen atoms in total. The highest BCUT2D eigenvalue weighted by Crippen LogP contribution is 2.26. The first kappa shape index (κ1) is 13.6. The number of hydrazine groups is 1. The van der Waals surface area contributed by atoms with E-state index in [9.17, 15) is 8.78 Å². The van der Waals surface area contributed by atoms with Gasteiger partial charge in [0.15, 0.2) is 0 Å². The van der Waals surface area contributed by atoms with Gasteiger partial charge in [0.2, 0.25) is 0 Å². The van der Waals surface area contributed by atoms with Gasteiger partial charge in [-0.3, -0.25) is 5.84 Å². The van der Waals surface area contributed by atoms with Crippen molar-refractivity contribution in [1.82, 2.24) is 5.43 Å². The maximum atomic E-state index is 13.9. The minimum Gasteiger partial charge on any atom is -0.271 e. The number of halogens is 2. The summed E-state index contributed by atoms with van der Waals surface area (Å²) in [7, 11) is 0.